The molecule has 0 saturated heterocycles. The van der Waals surface area contributed by atoms with Gasteiger partial charge in [-0.2, -0.15) is 13.9 Å². The summed E-state index contributed by atoms with van der Waals surface area (Å²) in [6.45, 7) is -0.731. The van der Waals surface area contributed by atoms with E-state index in [1.807, 2.05) is 6.07 Å². The fourth-order valence-corrected chi connectivity index (χ4v) is 1.46. The molecule has 0 amide bonds. The minimum Gasteiger partial charge on any atom is -0.325 e. The molecule has 0 radical (unpaired) electrons. The van der Waals surface area contributed by atoms with E-state index >= 15 is 0 Å². The first-order chi connectivity index (χ1) is 7.65. The maximum absolute atomic E-state index is 13.5. The third kappa shape index (κ3) is 1.81. The van der Waals surface area contributed by atoms with Gasteiger partial charge < -0.3 is 5.73 Å². The Morgan fingerprint density at radius 1 is 1.19 bits per heavy atom. The van der Waals surface area contributed by atoms with E-state index in [0.717, 1.165) is 0 Å². The first-order valence-electron chi connectivity index (χ1n) is 4.83. The van der Waals surface area contributed by atoms with Gasteiger partial charge in [-0.25, -0.2) is 4.68 Å². The van der Waals surface area contributed by atoms with Gasteiger partial charge in [0.05, 0.1) is 12.2 Å². The number of alkyl halides is 2. The molecule has 5 heteroatoms. The Balaban J connectivity index is 2.49. The average Bonchev–Trinajstić information content (AvgIpc) is 2.80. The van der Waals surface area contributed by atoms with Gasteiger partial charge in [0.25, 0.3) is 0 Å². The summed E-state index contributed by atoms with van der Waals surface area (Å²) in [6, 6.07) is 10.0. The number of nitrogens with two attached hydrogens (primary N) is 1. The van der Waals surface area contributed by atoms with Gasteiger partial charge in [-0.1, -0.05) is 18.2 Å². The van der Waals surface area contributed by atoms with Crippen molar-refractivity contribution in [2.75, 3.05) is 6.54 Å². The highest BCUT2D eigenvalue weighted by Gasteiger charge is 2.33. The van der Waals surface area contributed by atoms with E-state index < -0.39 is 12.5 Å². The summed E-state index contributed by atoms with van der Waals surface area (Å²) < 4.78 is 28.2. The molecule has 0 fully saturated rings. The van der Waals surface area contributed by atoms with E-state index in [0.29, 0.717) is 5.69 Å². The number of rotatable bonds is 3. The van der Waals surface area contributed by atoms with Crippen LogP contribution in [0, 0.1) is 0 Å². The van der Waals surface area contributed by atoms with E-state index in [9.17, 15) is 8.78 Å². The Morgan fingerprint density at radius 2 is 1.88 bits per heavy atom. The normalized spacial score (nSPS) is 11.7. The maximum atomic E-state index is 13.5. The summed E-state index contributed by atoms with van der Waals surface area (Å²) in [6.07, 6.45) is 1.34. The molecule has 0 saturated carbocycles. The molecule has 2 N–H and O–H groups in total. The number of halogens is 2. The van der Waals surface area contributed by atoms with Gasteiger partial charge >= 0.3 is 5.92 Å². The van der Waals surface area contributed by atoms with E-state index in [1.165, 1.54) is 16.9 Å². The lowest BCUT2D eigenvalue weighted by Gasteiger charge is -2.15. The molecule has 16 heavy (non-hydrogen) atoms. The molecule has 3 nitrogen and oxygen atoms in total. The zero-order valence-electron chi connectivity index (χ0n) is 8.48. The van der Waals surface area contributed by atoms with Crippen molar-refractivity contribution >= 4 is 0 Å². The zero-order valence-corrected chi connectivity index (χ0v) is 8.48. The quantitative estimate of drug-likeness (QED) is 0.863. The third-order valence-electron chi connectivity index (χ3n) is 2.27. The Bertz CT molecular complexity index is 465. The standard InChI is InChI=1S/C11H11F2N3/c12-11(13,8-14)10-6-7-15-16(10)9-4-2-1-3-5-9/h1-7H,8,14H2. The van der Waals surface area contributed by atoms with Crippen molar-refractivity contribution in [1.82, 2.24) is 9.78 Å². The number of benzene rings is 1. The van der Waals surface area contributed by atoms with Crippen LogP contribution in [0.5, 0.6) is 0 Å². The summed E-state index contributed by atoms with van der Waals surface area (Å²) in [4.78, 5) is 0. The summed E-state index contributed by atoms with van der Waals surface area (Å²) in [5.41, 5.74) is 5.45. The molecule has 0 bridgehead atoms. The lowest BCUT2D eigenvalue weighted by atomic mass is 10.2. The van der Waals surface area contributed by atoms with Gasteiger partial charge in [0.1, 0.15) is 5.69 Å². The molecule has 84 valence electrons. The molecule has 1 heterocycles. The fraction of sp³-hybridized carbons (Fsp3) is 0.182. The molecule has 0 atom stereocenters. The molecular formula is C11H11F2N3. The van der Waals surface area contributed by atoms with Crippen molar-refractivity contribution in [1.29, 1.82) is 0 Å². The molecule has 0 aliphatic rings. The SMILES string of the molecule is NCC(F)(F)c1ccnn1-c1ccccc1. The second-order valence-corrected chi connectivity index (χ2v) is 3.37. The maximum Gasteiger partial charge on any atom is 0.301 e. The largest absolute Gasteiger partial charge is 0.325 e. The molecule has 1 aromatic heterocycles. The van der Waals surface area contributed by atoms with Crippen LogP contribution in [0.2, 0.25) is 0 Å². The van der Waals surface area contributed by atoms with Crippen molar-refractivity contribution in [3.63, 3.8) is 0 Å². The van der Waals surface area contributed by atoms with Crippen LogP contribution in [0.3, 0.4) is 0 Å². The minimum atomic E-state index is -3.06. The summed E-state index contributed by atoms with van der Waals surface area (Å²) in [5, 5.41) is 3.88. The van der Waals surface area contributed by atoms with E-state index in [1.54, 1.807) is 24.3 Å². The molecule has 0 aliphatic carbocycles. The predicted molar refractivity (Wildman–Crippen MR) is 56.5 cm³/mol. The van der Waals surface area contributed by atoms with E-state index in [4.69, 9.17) is 5.73 Å². The molecule has 0 spiro atoms. The van der Waals surface area contributed by atoms with Crippen LogP contribution >= 0.6 is 0 Å². The van der Waals surface area contributed by atoms with Gasteiger partial charge in [0.15, 0.2) is 0 Å². The van der Waals surface area contributed by atoms with Crippen LogP contribution < -0.4 is 5.73 Å². The van der Waals surface area contributed by atoms with Crippen LogP contribution in [0.1, 0.15) is 5.69 Å². The van der Waals surface area contributed by atoms with Gasteiger partial charge in [-0.05, 0) is 18.2 Å². The first kappa shape index (κ1) is 10.8. The van der Waals surface area contributed by atoms with Gasteiger partial charge in [-0.3, -0.25) is 0 Å². The Hall–Kier alpha value is -1.75. The van der Waals surface area contributed by atoms with Crippen molar-refractivity contribution in [2.24, 2.45) is 5.73 Å². The molecule has 1 aromatic carbocycles. The molecule has 2 rings (SSSR count). The Morgan fingerprint density at radius 3 is 2.50 bits per heavy atom. The number of para-hydroxylation sites is 1. The first-order valence-corrected chi connectivity index (χ1v) is 4.83. The minimum absolute atomic E-state index is 0.193. The monoisotopic (exact) mass is 223 g/mol. The van der Waals surface area contributed by atoms with Crippen molar-refractivity contribution in [2.45, 2.75) is 5.92 Å². The number of aromatic nitrogens is 2. The Labute approximate surface area is 91.5 Å². The highest BCUT2D eigenvalue weighted by Crippen LogP contribution is 2.27. The fourth-order valence-electron chi connectivity index (χ4n) is 1.46. The topological polar surface area (TPSA) is 43.8 Å². The molecule has 0 unspecified atom stereocenters. The van der Waals surface area contributed by atoms with Gasteiger partial charge in [-0.15, -0.1) is 0 Å². The second kappa shape index (κ2) is 4.02. The van der Waals surface area contributed by atoms with Crippen LogP contribution in [0.4, 0.5) is 8.78 Å². The van der Waals surface area contributed by atoms with Gasteiger partial charge in [0, 0.05) is 6.20 Å². The molecule has 2 aromatic rings. The third-order valence-corrected chi connectivity index (χ3v) is 2.27. The zero-order chi connectivity index (χ0) is 11.6. The van der Waals surface area contributed by atoms with Crippen LogP contribution in [0.15, 0.2) is 42.6 Å². The molecular weight excluding hydrogens is 212 g/mol. The van der Waals surface area contributed by atoms with Crippen LogP contribution in [-0.2, 0) is 5.92 Å². The second-order valence-electron chi connectivity index (χ2n) is 3.37. The lowest BCUT2D eigenvalue weighted by Crippen LogP contribution is -2.28. The predicted octanol–water partition coefficient (Wildman–Crippen LogP) is 1.92. The number of hydrogen-bond donors (Lipinski definition) is 1. The van der Waals surface area contributed by atoms with Crippen molar-refractivity contribution in [3.05, 3.63) is 48.3 Å². The Kier molecular flexibility index (Phi) is 2.70. The average molecular weight is 223 g/mol. The van der Waals surface area contributed by atoms with Crippen molar-refractivity contribution in [3.8, 4) is 5.69 Å². The lowest BCUT2D eigenvalue weighted by molar-refractivity contribution is -0.00103. The van der Waals surface area contributed by atoms with Gasteiger partial charge in [0.2, 0.25) is 0 Å². The van der Waals surface area contributed by atoms with E-state index in [2.05, 4.69) is 5.10 Å². The summed E-state index contributed by atoms with van der Waals surface area (Å²) in [5.74, 6) is -3.06. The van der Waals surface area contributed by atoms with E-state index in [-0.39, 0.29) is 5.69 Å². The van der Waals surface area contributed by atoms with Crippen molar-refractivity contribution < 1.29 is 8.78 Å². The number of nitrogens with zero attached hydrogens (tertiary/aromatic N) is 2. The summed E-state index contributed by atoms with van der Waals surface area (Å²) in [7, 11) is 0. The highest BCUT2D eigenvalue weighted by molar-refractivity contribution is 5.33. The van der Waals surface area contributed by atoms with Crippen LogP contribution in [-0.4, -0.2) is 16.3 Å². The highest BCUT2D eigenvalue weighted by atomic mass is 19.3. The smallest absolute Gasteiger partial charge is 0.301 e. The number of hydrogen-bond acceptors (Lipinski definition) is 2. The van der Waals surface area contributed by atoms with Crippen LogP contribution in [0.25, 0.3) is 5.69 Å². The summed E-state index contributed by atoms with van der Waals surface area (Å²) >= 11 is 0. The molecule has 0 aliphatic heterocycles.